The lowest BCUT2D eigenvalue weighted by molar-refractivity contribution is -0.398. The number of benzene rings is 1. The van der Waals surface area contributed by atoms with Crippen molar-refractivity contribution >= 4 is 40.8 Å². The van der Waals surface area contributed by atoms with Gasteiger partial charge in [0, 0.05) is 17.6 Å². The van der Waals surface area contributed by atoms with Crippen molar-refractivity contribution in [1.29, 1.82) is 0 Å². The van der Waals surface area contributed by atoms with Gasteiger partial charge in [-0.05, 0) is 36.5 Å². The zero-order valence-electron chi connectivity index (χ0n) is 9.84. The van der Waals surface area contributed by atoms with E-state index < -0.39 is 16.4 Å². The lowest BCUT2D eigenvalue weighted by Crippen LogP contribution is -2.31. The molecular formula is C10H10ClN4O3S-. The number of hydrogen-bond acceptors (Lipinski definition) is 5. The van der Waals surface area contributed by atoms with Gasteiger partial charge in [0.2, 0.25) is 0 Å². The van der Waals surface area contributed by atoms with Crippen LogP contribution in [0.2, 0.25) is 5.02 Å². The Morgan fingerprint density at radius 3 is 2.89 bits per heavy atom. The summed E-state index contributed by atoms with van der Waals surface area (Å²) < 4.78 is 0. The first-order valence-electron chi connectivity index (χ1n) is 5.17. The predicted octanol–water partition coefficient (Wildman–Crippen LogP) is 1.14. The van der Waals surface area contributed by atoms with Crippen LogP contribution in [0, 0.1) is 10.1 Å². The van der Waals surface area contributed by atoms with Crippen molar-refractivity contribution in [3.63, 3.8) is 0 Å². The molecule has 0 aliphatic rings. The van der Waals surface area contributed by atoms with Gasteiger partial charge >= 0.3 is 0 Å². The van der Waals surface area contributed by atoms with Crippen molar-refractivity contribution < 1.29 is 10.0 Å². The molecule has 0 fully saturated rings. The topological polar surface area (TPSA) is 103 Å². The molecule has 0 spiro atoms. The van der Waals surface area contributed by atoms with E-state index in [0.717, 1.165) is 12.3 Å². The largest absolute Gasteiger partial charge is 0.867 e. The van der Waals surface area contributed by atoms with Gasteiger partial charge in [-0.25, -0.2) is 0 Å². The first kappa shape index (κ1) is 15.1. The van der Waals surface area contributed by atoms with Crippen LogP contribution in [0.3, 0.4) is 0 Å². The summed E-state index contributed by atoms with van der Waals surface area (Å²) in [6, 6.07) is 2.29. The van der Waals surface area contributed by atoms with Gasteiger partial charge in [-0.2, -0.15) is 5.10 Å². The van der Waals surface area contributed by atoms with Crippen molar-refractivity contribution in [1.82, 2.24) is 10.7 Å². The van der Waals surface area contributed by atoms with E-state index in [1.807, 2.05) is 6.92 Å². The molecule has 2 N–H and O–H groups in total. The quantitative estimate of drug-likeness (QED) is 0.374. The van der Waals surface area contributed by atoms with Gasteiger partial charge in [-0.15, -0.1) is 0 Å². The highest BCUT2D eigenvalue weighted by atomic mass is 35.5. The van der Waals surface area contributed by atoms with E-state index >= 15 is 0 Å². The van der Waals surface area contributed by atoms with Gasteiger partial charge in [0.1, 0.15) is 0 Å². The minimum Gasteiger partial charge on any atom is -0.867 e. The second kappa shape index (κ2) is 6.86. The molecule has 9 heteroatoms. The highest BCUT2D eigenvalue weighted by Gasteiger charge is 2.11. The van der Waals surface area contributed by atoms with E-state index in [2.05, 4.69) is 15.8 Å². The number of rotatable bonds is 4. The third-order valence-electron chi connectivity index (χ3n) is 1.97. The third-order valence-corrected chi connectivity index (χ3v) is 2.42. The molecule has 7 nitrogen and oxygen atoms in total. The summed E-state index contributed by atoms with van der Waals surface area (Å²) >= 11 is 10.5. The van der Waals surface area contributed by atoms with Crippen LogP contribution in [0.1, 0.15) is 12.5 Å². The summed E-state index contributed by atoms with van der Waals surface area (Å²) in [4.78, 5) is 9.86. The number of nitro benzene ring substituents is 1. The number of nitrogens with zero attached hydrogens (tertiary/aromatic N) is 2. The van der Waals surface area contributed by atoms with Gasteiger partial charge in [0.15, 0.2) is 5.11 Å². The van der Waals surface area contributed by atoms with Crippen molar-refractivity contribution in [2.24, 2.45) is 5.10 Å². The van der Waals surface area contributed by atoms with E-state index in [1.54, 1.807) is 0 Å². The summed E-state index contributed by atoms with van der Waals surface area (Å²) in [5.41, 5.74) is 1.88. The predicted molar refractivity (Wildman–Crippen MR) is 74.6 cm³/mol. The van der Waals surface area contributed by atoms with E-state index in [9.17, 15) is 15.2 Å². The van der Waals surface area contributed by atoms with Crippen LogP contribution in [0.5, 0.6) is 5.75 Å². The molecule has 1 rings (SSSR count). The molecule has 0 bridgehead atoms. The van der Waals surface area contributed by atoms with E-state index in [4.69, 9.17) is 23.8 Å². The maximum atomic E-state index is 11.7. The van der Waals surface area contributed by atoms with E-state index in [-0.39, 0.29) is 15.7 Å². The Morgan fingerprint density at radius 2 is 2.32 bits per heavy atom. The van der Waals surface area contributed by atoms with Crippen molar-refractivity contribution in [3.05, 3.63) is 32.8 Å². The lowest BCUT2D eigenvalue weighted by atomic mass is 10.2. The van der Waals surface area contributed by atoms with Crippen molar-refractivity contribution in [3.8, 4) is 5.75 Å². The Labute approximate surface area is 119 Å². The lowest BCUT2D eigenvalue weighted by Gasteiger charge is -2.11. The summed E-state index contributed by atoms with van der Waals surface area (Å²) in [7, 11) is 0. The van der Waals surface area contributed by atoms with Crippen LogP contribution in [-0.4, -0.2) is 22.8 Å². The van der Waals surface area contributed by atoms with Crippen molar-refractivity contribution in [2.45, 2.75) is 6.92 Å². The SMILES string of the molecule is CCNC(=S)N/N=C\c1cc(Cl)cc([N+](=O)[O-])c1[O-]. The molecule has 0 aromatic heterocycles. The van der Waals surface area contributed by atoms with Gasteiger partial charge in [0.25, 0.3) is 5.69 Å². The highest BCUT2D eigenvalue weighted by molar-refractivity contribution is 7.80. The number of thiocarbonyl (C=S) groups is 1. The van der Waals surface area contributed by atoms with Gasteiger partial charge in [0.05, 0.1) is 11.1 Å². The molecule has 1 aromatic rings. The molecular weight excluding hydrogens is 292 g/mol. The Bertz CT molecular complexity index is 536. The summed E-state index contributed by atoms with van der Waals surface area (Å²) in [6.45, 7) is 2.48. The van der Waals surface area contributed by atoms with Crippen LogP contribution < -0.4 is 15.8 Å². The zero-order chi connectivity index (χ0) is 14.4. The monoisotopic (exact) mass is 301 g/mol. The molecule has 0 radical (unpaired) electrons. The Morgan fingerprint density at radius 1 is 1.63 bits per heavy atom. The van der Waals surface area contributed by atoms with E-state index in [1.165, 1.54) is 6.07 Å². The molecule has 0 saturated heterocycles. The van der Waals surface area contributed by atoms with Gasteiger partial charge < -0.3 is 10.4 Å². The second-order valence-corrected chi connectivity index (χ2v) is 4.17. The van der Waals surface area contributed by atoms with E-state index in [0.29, 0.717) is 6.54 Å². The van der Waals surface area contributed by atoms with Crippen LogP contribution in [0.4, 0.5) is 5.69 Å². The smallest absolute Gasteiger partial charge is 0.263 e. The fourth-order valence-corrected chi connectivity index (χ4v) is 1.61. The number of halogens is 1. The second-order valence-electron chi connectivity index (χ2n) is 3.33. The van der Waals surface area contributed by atoms with Crippen LogP contribution in [0.15, 0.2) is 17.2 Å². The standard InChI is InChI=1S/C10H11ClN4O3S/c1-2-12-10(19)14-13-5-6-3-7(11)4-8(9(6)16)15(17)18/h3-5,16H,2H2,1H3,(H2,12,14,19)/p-1/b13-5-. The normalized spacial score (nSPS) is 10.4. The van der Waals surface area contributed by atoms with Crippen molar-refractivity contribution in [2.75, 3.05) is 6.54 Å². The molecule has 1 aromatic carbocycles. The first-order valence-corrected chi connectivity index (χ1v) is 5.96. The first-order chi connectivity index (χ1) is 8.95. The fraction of sp³-hybridized carbons (Fsp3) is 0.200. The molecule has 0 aliphatic heterocycles. The minimum absolute atomic E-state index is 0.00555. The van der Waals surface area contributed by atoms with Crippen LogP contribution in [0.25, 0.3) is 0 Å². The minimum atomic E-state index is -0.789. The molecule has 0 amide bonds. The summed E-state index contributed by atoms with van der Waals surface area (Å²) in [6.07, 6.45) is 1.13. The number of nitrogens with one attached hydrogen (secondary N) is 2. The molecule has 0 saturated carbocycles. The maximum Gasteiger partial charge on any atom is 0.263 e. The Hall–Kier alpha value is -1.93. The highest BCUT2D eigenvalue weighted by Crippen LogP contribution is 2.29. The average molecular weight is 302 g/mol. The average Bonchev–Trinajstić information content (AvgIpc) is 2.33. The summed E-state index contributed by atoms with van der Waals surface area (Å²) in [5, 5.41) is 29.2. The maximum absolute atomic E-state index is 11.7. The Kier molecular flexibility index (Phi) is 5.46. The number of hydrazone groups is 1. The Balaban J connectivity index is 2.92. The molecule has 102 valence electrons. The molecule has 0 unspecified atom stereocenters. The molecule has 0 atom stereocenters. The van der Waals surface area contributed by atoms with Crippen LogP contribution in [-0.2, 0) is 0 Å². The van der Waals surface area contributed by atoms with Gasteiger partial charge in [-0.1, -0.05) is 11.6 Å². The zero-order valence-corrected chi connectivity index (χ0v) is 11.4. The molecule has 19 heavy (non-hydrogen) atoms. The van der Waals surface area contributed by atoms with Crippen LogP contribution >= 0.6 is 23.8 Å². The van der Waals surface area contributed by atoms with Gasteiger partial charge in [-0.3, -0.25) is 15.5 Å². The fourth-order valence-electron chi connectivity index (χ4n) is 1.19. The third kappa shape index (κ3) is 4.34. The number of hydrogen-bond donors (Lipinski definition) is 2. The molecule has 0 heterocycles. The molecule has 0 aliphatic carbocycles. The summed E-state index contributed by atoms with van der Waals surface area (Å²) in [5.74, 6) is -0.755. The number of nitro groups is 1.